The number of aromatic nitrogens is 1. The zero-order valence-corrected chi connectivity index (χ0v) is 13.7. The van der Waals surface area contributed by atoms with E-state index in [1.165, 1.54) is 6.07 Å². The lowest BCUT2D eigenvalue weighted by Crippen LogP contribution is -2.61. The predicted octanol–water partition coefficient (Wildman–Crippen LogP) is 0.893. The summed E-state index contributed by atoms with van der Waals surface area (Å²) < 4.78 is 32.8. The van der Waals surface area contributed by atoms with Crippen molar-refractivity contribution in [2.75, 3.05) is 14.2 Å². The van der Waals surface area contributed by atoms with E-state index in [1.807, 2.05) is 20.9 Å². The first-order valence-electron chi connectivity index (χ1n) is 6.96. The largest absolute Gasteiger partial charge is 0.381 e. The van der Waals surface area contributed by atoms with Gasteiger partial charge < -0.3 is 10.1 Å². The van der Waals surface area contributed by atoms with E-state index in [2.05, 4.69) is 15.0 Å². The van der Waals surface area contributed by atoms with E-state index in [0.29, 0.717) is 13.0 Å². The van der Waals surface area contributed by atoms with Crippen LogP contribution in [0.25, 0.3) is 0 Å². The Hall–Kier alpha value is -1.02. The SMILES string of the molecule is CNCc1ccc(S(=O)(=O)NC2CC(OC)C2(C)C)nc1. The highest BCUT2D eigenvalue weighted by Gasteiger charge is 2.50. The molecule has 1 aromatic rings. The molecule has 6 nitrogen and oxygen atoms in total. The van der Waals surface area contributed by atoms with Crippen molar-refractivity contribution in [3.05, 3.63) is 23.9 Å². The van der Waals surface area contributed by atoms with Crippen LogP contribution in [-0.4, -0.2) is 39.7 Å². The minimum atomic E-state index is -3.59. The van der Waals surface area contributed by atoms with Crippen LogP contribution in [0.5, 0.6) is 0 Å². The van der Waals surface area contributed by atoms with Crippen LogP contribution in [0, 0.1) is 5.41 Å². The van der Waals surface area contributed by atoms with Gasteiger partial charge in [0.05, 0.1) is 6.10 Å². The fraction of sp³-hybridized carbons (Fsp3) is 0.643. The van der Waals surface area contributed by atoms with E-state index in [0.717, 1.165) is 5.56 Å². The van der Waals surface area contributed by atoms with Crippen molar-refractivity contribution >= 4 is 10.0 Å². The summed E-state index contributed by atoms with van der Waals surface area (Å²) in [5, 5.41) is 3.05. The number of nitrogens with one attached hydrogen (secondary N) is 2. The second-order valence-electron chi connectivity index (χ2n) is 5.99. The molecule has 2 unspecified atom stereocenters. The van der Waals surface area contributed by atoms with Crippen LogP contribution in [0.3, 0.4) is 0 Å². The molecule has 0 aromatic carbocycles. The first-order chi connectivity index (χ1) is 9.81. The van der Waals surface area contributed by atoms with Crippen LogP contribution in [0.1, 0.15) is 25.8 Å². The van der Waals surface area contributed by atoms with Gasteiger partial charge in [0.15, 0.2) is 5.03 Å². The van der Waals surface area contributed by atoms with Gasteiger partial charge in [0.25, 0.3) is 10.0 Å². The summed E-state index contributed by atoms with van der Waals surface area (Å²) in [7, 11) is -0.109. The fourth-order valence-electron chi connectivity index (χ4n) is 2.61. The minimum absolute atomic E-state index is 0.0546. The molecule has 1 heterocycles. The molecular weight excluding hydrogens is 290 g/mol. The number of methoxy groups -OCH3 is 1. The Morgan fingerprint density at radius 1 is 1.43 bits per heavy atom. The summed E-state index contributed by atoms with van der Waals surface area (Å²) >= 11 is 0. The van der Waals surface area contributed by atoms with Gasteiger partial charge in [0.2, 0.25) is 0 Å². The van der Waals surface area contributed by atoms with Crippen LogP contribution in [0.15, 0.2) is 23.4 Å². The van der Waals surface area contributed by atoms with E-state index in [-0.39, 0.29) is 22.6 Å². The van der Waals surface area contributed by atoms with E-state index in [9.17, 15) is 8.42 Å². The molecule has 0 amide bonds. The number of sulfonamides is 1. The van der Waals surface area contributed by atoms with Crippen molar-refractivity contribution in [2.45, 2.75) is 44.0 Å². The summed E-state index contributed by atoms with van der Waals surface area (Å²) in [6, 6.07) is 3.17. The maximum Gasteiger partial charge on any atom is 0.258 e. The third-order valence-electron chi connectivity index (χ3n) is 4.21. The summed E-state index contributed by atoms with van der Waals surface area (Å²) in [5.41, 5.74) is 0.730. The highest BCUT2D eigenvalue weighted by Crippen LogP contribution is 2.42. The summed E-state index contributed by atoms with van der Waals surface area (Å²) in [6.07, 6.45) is 2.34. The van der Waals surface area contributed by atoms with E-state index < -0.39 is 10.0 Å². The topological polar surface area (TPSA) is 80.3 Å². The predicted molar refractivity (Wildman–Crippen MR) is 80.3 cm³/mol. The minimum Gasteiger partial charge on any atom is -0.381 e. The van der Waals surface area contributed by atoms with Gasteiger partial charge in [-0.1, -0.05) is 19.9 Å². The van der Waals surface area contributed by atoms with Gasteiger partial charge in [-0.15, -0.1) is 0 Å². The Morgan fingerprint density at radius 2 is 2.14 bits per heavy atom. The average Bonchev–Trinajstić information content (AvgIpc) is 2.44. The van der Waals surface area contributed by atoms with Crippen LogP contribution >= 0.6 is 0 Å². The van der Waals surface area contributed by atoms with Crippen LogP contribution < -0.4 is 10.0 Å². The van der Waals surface area contributed by atoms with Crippen LogP contribution in [0.4, 0.5) is 0 Å². The van der Waals surface area contributed by atoms with Crippen molar-refractivity contribution in [3.8, 4) is 0 Å². The average molecular weight is 313 g/mol. The monoisotopic (exact) mass is 313 g/mol. The van der Waals surface area contributed by atoms with Gasteiger partial charge >= 0.3 is 0 Å². The summed E-state index contributed by atoms with van der Waals surface area (Å²) in [6.45, 7) is 4.66. The zero-order chi connectivity index (χ0) is 15.7. The van der Waals surface area contributed by atoms with E-state index in [1.54, 1.807) is 19.4 Å². The molecule has 7 heteroatoms. The van der Waals surface area contributed by atoms with Gasteiger partial charge in [-0.3, -0.25) is 0 Å². The van der Waals surface area contributed by atoms with Gasteiger partial charge in [-0.25, -0.2) is 18.1 Å². The third kappa shape index (κ3) is 3.26. The molecule has 0 radical (unpaired) electrons. The summed E-state index contributed by atoms with van der Waals surface area (Å²) in [4.78, 5) is 4.05. The zero-order valence-electron chi connectivity index (χ0n) is 12.9. The van der Waals surface area contributed by atoms with Gasteiger partial charge in [0, 0.05) is 31.3 Å². The lowest BCUT2D eigenvalue weighted by molar-refractivity contribution is -0.0908. The van der Waals surface area contributed by atoms with Gasteiger partial charge in [-0.2, -0.15) is 0 Å². The van der Waals surface area contributed by atoms with E-state index in [4.69, 9.17) is 4.74 Å². The van der Waals surface area contributed by atoms with Crippen molar-refractivity contribution in [1.82, 2.24) is 15.0 Å². The molecule has 1 aliphatic rings. The Kier molecular flexibility index (Phi) is 4.67. The standard InChI is InChI=1S/C14H23N3O3S/c1-14(2)11(7-12(14)20-4)17-21(18,19)13-6-5-10(8-15-3)9-16-13/h5-6,9,11-12,15,17H,7-8H2,1-4H3. The normalized spacial score (nSPS) is 24.6. The molecule has 0 bridgehead atoms. The number of rotatable bonds is 6. The molecular formula is C14H23N3O3S. The molecule has 1 saturated carbocycles. The molecule has 2 rings (SSSR count). The Morgan fingerprint density at radius 3 is 2.62 bits per heavy atom. The molecule has 0 saturated heterocycles. The molecule has 0 aliphatic heterocycles. The quantitative estimate of drug-likeness (QED) is 0.815. The highest BCUT2D eigenvalue weighted by atomic mass is 32.2. The van der Waals surface area contributed by atoms with Crippen LogP contribution in [0.2, 0.25) is 0 Å². The van der Waals surface area contributed by atoms with Crippen molar-refractivity contribution in [1.29, 1.82) is 0 Å². The molecule has 1 fully saturated rings. The summed E-state index contributed by atoms with van der Waals surface area (Å²) in [5.74, 6) is 0. The number of nitrogens with zero attached hydrogens (tertiary/aromatic N) is 1. The lowest BCUT2D eigenvalue weighted by atomic mass is 9.65. The van der Waals surface area contributed by atoms with Gasteiger partial charge in [-0.05, 0) is 25.1 Å². The van der Waals surface area contributed by atoms with Crippen LogP contribution in [-0.2, 0) is 21.3 Å². The fourth-order valence-corrected chi connectivity index (χ4v) is 3.95. The third-order valence-corrected chi connectivity index (χ3v) is 5.60. The second kappa shape index (κ2) is 6.00. The Balaban J connectivity index is 2.09. The highest BCUT2D eigenvalue weighted by molar-refractivity contribution is 7.89. The number of ether oxygens (including phenoxy) is 1. The molecule has 0 spiro atoms. The van der Waals surface area contributed by atoms with E-state index >= 15 is 0 Å². The van der Waals surface area contributed by atoms with Crippen molar-refractivity contribution in [2.24, 2.45) is 5.41 Å². The second-order valence-corrected chi connectivity index (χ2v) is 7.65. The number of pyridine rings is 1. The molecule has 1 aliphatic carbocycles. The number of hydrogen-bond acceptors (Lipinski definition) is 5. The molecule has 2 atom stereocenters. The first-order valence-corrected chi connectivity index (χ1v) is 8.44. The number of hydrogen-bond donors (Lipinski definition) is 2. The molecule has 118 valence electrons. The molecule has 21 heavy (non-hydrogen) atoms. The Labute approximate surface area is 126 Å². The van der Waals surface area contributed by atoms with Crippen molar-refractivity contribution < 1.29 is 13.2 Å². The smallest absolute Gasteiger partial charge is 0.258 e. The van der Waals surface area contributed by atoms with Gasteiger partial charge in [0.1, 0.15) is 0 Å². The molecule has 2 N–H and O–H groups in total. The first kappa shape index (κ1) is 16.4. The molecule has 1 aromatic heterocycles. The maximum atomic E-state index is 12.4. The lowest BCUT2D eigenvalue weighted by Gasteiger charge is -2.50. The Bertz CT molecular complexity index is 584. The van der Waals surface area contributed by atoms with Crippen molar-refractivity contribution in [3.63, 3.8) is 0 Å². The maximum absolute atomic E-state index is 12.4.